The molecule has 2 saturated heterocycles. The lowest BCUT2D eigenvalue weighted by Gasteiger charge is -2.43. The second-order valence-corrected chi connectivity index (χ2v) is 7.24. The third kappa shape index (κ3) is 3.78. The molecule has 2 amide bonds. The van der Waals surface area contributed by atoms with Crippen LogP contribution in [0.2, 0.25) is 0 Å². The monoisotopic (exact) mass is 330 g/mol. The summed E-state index contributed by atoms with van der Waals surface area (Å²) in [6.07, 6.45) is 4.09. The van der Waals surface area contributed by atoms with Crippen LogP contribution in [0.5, 0.6) is 0 Å². The zero-order chi connectivity index (χ0) is 17.2. The molecule has 0 aliphatic carbocycles. The zero-order valence-corrected chi connectivity index (χ0v) is 14.6. The van der Waals surface area contributed by atoms with Gasteiger partial charge < -0.3 is 15.0 Å². The molecule has 0 saturated carbocycles. The highest BCUT2D eigenvalue weighted by Crippen LogP contribution is 2.40. The number of aryl methyl sites for hydroxylation is 2. The van der Waals surface area contributed by atoms with Crippen LogP contribution in [-0.4, -0.2) is 43.0 Å². The summed E-state index contributed by atoms with van der Waals surface area (Å²) in [4.78, 5) is 26.4. The van der Waals surface area contributed by atoms with Crippen molar-refractivity contribution in [3.8, 4) is 0 Å². The van der Waals surface area contributed by atoms with E-state index in [1.165, 1.54) is 0 Å². The van der Waals surface area contributed by atoms with Crippen molar-refractivity contribution >= 4 is 17.5 Å². The molecule has 3 rings (SSSR count). The van der Waals surface area contributed by atoms with Gasteiger partial charge in [-0.2, -0.15) is 0 Å². The van der Waals surface area contributed by atoms with Gasteiger partial charge in [-0.3, -0.25) is 9.59 Å². The van der Waals surface area contributed by atoms with Crippen molar-refractivity contribution in [2.24, 2.45) is 5.41 Å². The van der Waals surface area contributed by atoms with E-state index in [0.717, 1.165) is 50.0 Å². The average Bonchev–Trinajstić information content (AvgIpc) is 2.55. The number of carbonyl (C=O) groups is 2. The molecule has 2 aliphatic heterocycles. The van der Waals surface area contributed by atoms with Crippen molar-refractivity contribution in [3.63, 3.8) is 0 Å². The van der Waals surface area contributed by atoms with E-state index in [2.05, 4.69) is 5.32 Å². The molecule has 0 atom stereocenters. The summed E-state index contributed by atoms with van der Waals surface area (Å²) in [5, 5.41) is 2.74. The first-order valence-electron chi connectivity index (χ1n) is 8.74. The van der Waals surface area contributed by atoms with Crippen LogP contribution >= 0.6 is 0 Å². The van der Waals surface area contributed by atoms with Crippen molar-refractivity contribution in [1.82, 2.24) is 4.90 Å². The molecule has 0 unspecified atom stereocenters. The number of piperidine rings is 1. The molecule has 130 valence electrons. The maximum absolute atomic E-state index is 12.4. The Morgan fingerprint density at radius 2 is 1.58 bits per heavy atom. The first kappa shape index (κ1) is 17.0. The number of carbonyl (C=O) groups excluding carboxylic acids is 2. The van der Waals surface area contributed by atoms with Gasteiger partial charge in [0.1, 0.15) is 0 Å². The summed E-state index contributed by atoms with van der Waals surface area (Å²) in [6.45, 7) is 6.92. The second-order valence-electron chi connectivity index (χ2n) is 7.24. The molecule has 0 bridgehead atoms. The Hall–Kier alpha value is -1.88. The molecule has 0 radical (unpaired) electrons. The molecule has 1 spiro atoms. The van der Waals surface area contributed by atoms with Gasteiger partial charge in [0.2, 0.25) is 0 Å². The van der Waals surface area contributed by atoms with Gasteiger partial charge >= 0.3 is 11.8 Å². The summed E-state index contributed by atoms with van der Waals surface area (Å²) in [7, 11) is 0. The first-order valence-corrected chi connectivity index (χ1v) is 8.74. The van der Waals surface area contributed by atoms with Gasteiger partial charge in [0.05, 0.1) is 0 Å². The molecule has 2 heterocycles. The van der Waals surface area contributed by atoms with Crippen LogP contribution < -0.4 is 5.32 Å². The molecule has 5 nitrogen and oxygen atoms in total. The Labute approximate surface area is 143 Å². The van der Waals surface area contributed by atoms with Crippen molar-refractivity contribution in [2.75, 3.05) is 31.6 Å². The highest BCUT2D eigenvalue weighted by molar-refractivity contribution is 6.39. The lowest BCUT2D eigenvalue weighted by atomic mass is 9.72. The topological polar surface area (TPSA) is 58.6 Å². The minimum Gasteiger partial charge on any atom is -0.381 e. The normalized spacial score (nSPS) is 20.0. The average molecular weight is 330 g/mol. The van der Waals surface area contributed by atoms with Crippen molar-refractivity contribution in [1.29, 1.82) is 0 Å². The van der Waals surface area contributed by atoms with Crippen LogP contribution in [-0.2, 0) is 14.3 Å². The van der Waals surface area contributed by atoms with E-state index in [1.54, 1.807) is 4.90 Å². The number of benzene rings is 1. The highest BCUT2D eigenvalue weighted by atomic mass is 16.5. The molecule has 5 heteroatoms. The second kappa shape index (κ2) is 6.93. The largest absolute Gasteiger partial charge is 0.381 e. The van der Waals surface area contributed by atoms with Crippen LogP contribution in [0.25, 0.3) is 0 Å². The van der Waals surface area contributed by atoms with E-state index < -0.39 is 11.8 Å². The standard InChI is InChI=1S/C19H26N2O3/c1-14-11-15(2)13-16(12-14)20-17(22)18(23)21-7-3-19(4-8-21)5-9-24-10-6-19/h11-13H,3-10H2,1-2H3,(H,20,22). The summed E-state index contributed by atoms with van der Waals surface area (Å²) >= 11 is 0. The third-order valence-electron chi connectivity index (χ3n) is 5.34. The Kier molecular flexibility index (Phi) is 4.90. The third-order valence-corrected chi connectivity index (χ3v) is 5.34. The van der Waals surface area contributed by atoms with E-state index in [0.29, 0.717) is 24.2 Å². The maximum atomic E-state index is 12.4. The quantitative estimate of drug-likeness (QED) is 0.806. The highest BCUT2D eigenvalue weighted by Gasteiger charge is 2.38. The van der Waals surface area contributed by atoms with Crippen molar-refractivity contribution < 1.29 is 14.3 Å². The maximum Gasteiger partial charge on any atom is 0.313 e. The summed E-state index contributed by atoms with van der Waals surface area (Å²) in [5.41, 5.74) is 3.14. The Morgan fingerprint density at radius 3 is 2.17 bits per heavy atom. The molecule has 24 heavy (non-hydrogen) atoms. The number of anilines is 1. The Morgan fingerprint density at radius 1 is 1.00 bits per heavy atom. The smallest absolute Gasteiger partial charge is 0.313 e. The number of nitrogens with zero attached hydrogens (tertiary/aromatic N) is 1. The van der Waals surface area contributed by atoms with Gasteiger partial charge in [-0.05, 0) is 68.2 Å². The van der Waals surface area contributed by atoms with Crippen molar-refractivity contribution in [3.05, 3.63) is 29.3 Å². The van der Waals surface area contributed by atoms with E-state index in [1.807, 2.05) is 32.0 Å². The van der Waals surface area contributed by atoms with Crippen LogP contribution in [0.1, 0.15) is 36.8 Å². The number of nitrogens with one attached hydrogen (secondary N) is 1. The lowest BCUT2D eigenvalue weighted by molar-refractivity contribution is -0.145. The molecule has 2 aliphatic rings. The van der Waals surface area contributed by atoms with Crippen LogP contribution in [0.15, 0.2) is 18.2 Å². The van der Waals surface area contributed by atoms with Gasteiger partial charge in [-0.1, -0.05) is 6.07 Å². The number of likely N-dealkylation sites (tertiary alicyclic amines) is 1. The summed E-state index contributed by atoms with van der Waals surface area (Å²) < 4.78 is 5.45. The van der Waals surface area contributed by atoms with Crippen LogP contribution in [0.3, 0.4) is 0 Å². The van der Waals surface area contributed by atoms with Gasteiger partial charge in [-0.15, -0.1) is 0 Å². The molecule has 1 aromatic carbocycles. The molecule has 1 N–H and O–H groups in total. The Bertz CT molecular complexity index is 605. The minimum atomic E-state index is -0.539. The van der Waals surface area contributed by atoms with E-state index in [4.69, 9.17) is 4.74 Å². The molecular weight excluding hydrogens is 304 g/mol. The van der Waals surface area contributed by atoms with Gasteiger partial charge in [0, 0.05) is 32.0 Å². The number of ether oxygens (including phenoxy) is 1. The number of hydrogen-bond donors (Lipinski definition) is 1. The van der Waals surface area contributed by atoms with Crippen molar-refractivity contribution in [2.45, 2.75) is 39.5 Å². The van der Waals surface area contributed by atoms with E-state index >= 15 is 0 Å². The molecule has 1 aromatic rings. The molecule has 0 aromatic heterocycles. The fourth-order valence-corrected chi connectivity index (χ4v) is 3.86. The fourth-order valence-electron chi connectivity index (χ4n) is 3.86. The van der Waals surface area contributed by atoms with Gasteiger partial charge in [-0.25, -0.2) is 0 Å². The summed E-state index contributed by atoms with van der Waals surface area (Å²) in [6, 6.07) is 5.80. The van der Waals surface area contributed by atoms with E-state index in [9.17, 15) is 9.59 Å². The zero-order valence-electron chi connectivity index (χ0n) is 14.6. The number of rotatable bonds is 1. The van der Waals surface area contributed by atoms with Crippen LogP contribution in [0, 0.1) is 19.3 Å². The Balaban J connectivity index is 1.57. The lowest BCUT2D eigenvalue weighted by Crippen LogP contribution is -2.48. The van der Waals surface area contributed by atoms with E-state index in [-0.39, 0.29) is 0 Å². The molecule has 2 fully saturated rings. The molecular formula is C19H26N2O3. The predicted molar refractivity (Wildman–Crippen MR) is 92.8 cm³/mol. The summed E-state index contributed by atoms with van der Waals surface area (Å²) in [5.74, 6) is -0.959. The number of amides is 2. The minimum absolute atomic E-state index is 0.319. The van der Waals surface area contributed by atoms with Gasteiger partial charge in [0.15, 0.2) is 0 Å². The first-order chi connectivity index (χ1) is 11.5. The number of hydrogen-bond acceptors (Lipinski definition) is 3. The van der Waals surface area contributed by atoms with Crippen LogP contribution in [0.4, 0.5) is 5.69 Å². The fraction of sp³-hybridized carbons (Fsp3) is 0.579. The SMILES string of the molecule is Cc1cc(C)cc(NC(=O)C(=O)N2CCC3(CCOCC3)CC2)c1. The van der Waals surface area contributed by atoms with Gasteiger partial charge in [0.25, 0.3) is 0 Å². The predicted octanol–water partition coefficient (Wildman–Crippen LogP) is 2.66.